The summed E-state index contributed by atoms with van der Waals surface area (Å²) in [5, 5.41) is 0. The molecule has 1 aromatic rings. The van der Waals surface area contributed by atoms with Crippen LogP contribution in [0.5, 0.6) is 0 Å². The molecule has 26 heavy (non-hydrogen) atoms. The summed E-state index contributed by atoms with van der Waals surface area (Å²) in [7, 11) is 0. The molecular formula is C22H34O4. The van der Waals surface area contributed by atoms with Crippen LogP contribution >= 0.6 is 0 Å². The quantitative estimate of drug-likeness (QED) is 0.460. The number of ether oxygens (including phenoxy) is 2. The molecule has 0 spiro atoms. The van der Waals surface area contributed by atoms with Gasteiger partial charge in [-0.05, 0) is 55.7 Å². The normalized spacial score (nSPS) is 10.6. The van der Waals surface area contributed by atoms with Gasteiger partial charge in [0, 0.05) is 0 Å². The summed E-state index contributed by atoms with van der Waals surface area (Å²) < 4.78 is 10.7. The maximum atomic E-state index is 12.8. The number of carbonyl (C=O) groups excluding carboxylic acids is 2. The number of unbranched alkanes of at least 4 members (excludes halogenated alkanes) is 2. The number of esters is 2. The minimum Gasteiger partial charge on any atom is -0.462 e. The van der Waals surface area contributed by atoms with Gasteiger partial charge in [-0.25, -0.2) is 9.59 Å². The molecule has 0 saturated carbocycles. The Kier molecular flexibility index (Phi) is 10.7. The van der Waals surface area contributed by atoms with Crippen LogP contribution in [0.15, 0.2) is 12.1 Å². The van der Waals surface area contributed by atoms with Crippen LogP contribution in [-0.2, 0) is 22.3 Å². The summed E-state index contributed by atoms with van der Waals surface area (Å²) in [4.78, 5) is 25.3. The average molecular weight is 363 g/mol. The van der Waals surface area contributed by atoms with Gasteiger partial charge >= 0.3 is 11.9 Å². The van der Waals surface area contributed by atoms with E-state index in [9.17, 15) is 9.59 Å². The van der Waals surface area contributed by atoms with Crippen molar-refractivity contribution < 1.29 is 19.1 Å². The van der Waals surface area contributed by atoms with Crippen molar-refractivity contribution in [1.82, 2.24) is 0 Å². The van der Waals surface area contributed by atoms with Crippen molar-refractivity contribution in [3.05, 3.63) is 34.4 Å². The Hall–Kier alpha value is -1.84. The standard InChI is InChI=1S/C22H34O4/c1-5-9-11-17-13-14-19(21(23)25-15-7-3)20(18(17)12-10-6-2)22(24)26-16-8-4/h13-14H,5-12,15-16H2,1-4H3. The molecule has 0 aliphatic heterocycles. The molecule has 146 valence electrons. The fourth-order valence-corrected chi connectivity index (χ4v) is 2.87. The highest BCUT2D eigenvalue weighted by Crippen LogP contribution is 2.25. The summed E-state index contributed by atoms with van der Waals surface area (Å²) in [5.74, 6) is -0.838. The Balaban J connectivity index is 3.38. The highest BCUT2D eigenvalue weighted by Gasteiger charge is 2.25. The summed E-state index contributed by atoms with van der Waals surface area (Å²) in [6.45, 7) is 8.89. The molecule has 0 atom stereocenters. The zero-order chi connectivity index (χ0) is 19.4. The molecule has 1 rings (SSSR count). The smallest absolute Gasteiger partial charge is 0.339 e. The fourth-order valence-electron chi connectivity index (χ4n) is 2.87. The number of hydrogen-bond donors (Lipinski definition) is 0. The van der Waals surface area contributed by atoms with Crippen molar-refractivity contribution in [3.63, 3.8) is 0 Å². The zero-order valence-electron chi connectivity index (χ0n) is 16.9. The molecule has 0 radical (unpaired) electrons. The summed E-state index contributed by atoms with van der Waals surface area (Å²) >= 11 is 0. The van der Waals surface area contributed by atoms with Crippen molar-refractivity contribution in [2.45, 2.75) is 79.1 Å². The number of carbonyl (C=O) groups is 2. The van der Waals surface area contributed by atoms with Gasteiger partial charge in [-0.1, -0.05) is 46.6 Å². The van der Waals surface area contributed by atoms with Gasteiger partial charge < -0.3 is 9.47 Å². The van der Waals surface area contributed by atoms with Crippen LogP contribution in [0.3, 0.4) is 0 Å². The van der Waals surface area contributed by atoms with Crippen molar-refractivity contribution >= 4 is 11.9 Å². The monoisotopic (exact) mass is 362 g/mol. The summed E-state index contributed by atoms with van der Waals surface area (Å²) in [6.07, 6.45) is 7.34. The molecule has 0 saturated heterocycles. The molecule has 0 aromatic heterocycles. The SMILES string of the molecule is CCCCc1ccc(C(=O)OCCC)c(C(=O)OCCC)c1CCCC. The lowest BCUT2D eigenvalue weighted by molar-refractivity contribution is 0.0456. The van der Waals surface area contributed by atoms with E-state index in [1.165, 1.54) is 0 Å². The second-order valence-corrected chi connectivity index (χ2v) is 6.60. The van der Waals surface area contributed by atoms with E-state index in [0.29, 0.717) is 24.3 Å². The van der Waals surface area contributed by atoms with E-state index in [1.54, 1.807) is 6.07 Å². The Morgan fingerprint density at radius 3 is 1.92 bits per heavy atom. The highest BCUT2D eigenvalue weighted by atomic mass is 16.5. The lowest BCUT2D eigenvalue weighted by Crippen LogP contribution is -2.19. The third-order valence-corrected chi connectivity index (χ3v) is 4.29. The van der Waals surface area contributed by atoms with Gasteiger partial charge in [-0.3, -0.25) is 0 Å². The predicted molar refractivity (Wildman–Crippen MR) is 105 cm³/mol. The van der Waals surface area contributed by atoms with E-state index < -0.39 is 11.9 Å². The van der Waals surface area contributed by atoms with E-state index in [2.05, 4.69) is 13.8 Å². The van der Waals surface area contributed by atoms with E-state index >= 15 is 0 Å². The van der Waals surface area contributed by atoms with Crippen LogP contribution in [0.1, 0.15) is 98.1 Å². The molecule has 0 aliphatic carbocycles. The minimum absolute atomic E-state index is 0.339. The first kappa shape index (κ1) is 22.2. The van der Waals surface area contributed by atoms with Crippen molar-refractivity contribution in [3.8, 4) is 0 Å². The number of hydrogen-bond acceptors (Lipinski definition) is 4. The molecular weight excluding hydrogens is 328 g/mol. The molecule has 0 N–H and O–H groups in total. The van der Waals surface area contributed by atoms with Gasteiger partial charge in [-0.2, -0.15) is 0 Å². The first-order valence-electron chi connectivity index (χ1n) is 10.1. The Bertz CT molecular complexity index is 578. The van der Waals surface area contributed by atoms with Crippen molar-refractivity contribution in [2.75, 3.05) is 13.2 Å². The molecule has 0 heterocycles. The van der Waals surface area contributed by atoms with Gasteiger partial charge in [0.05, 0.1) is 24.3 Å². The first-order chi connectivity index (χ1) is 12.6. The van der Waals surface area contributed by atoms with E-state index in [4.69, 9.17) is 9.47 Å². The van der Waals surface area contributed by atoms with Gasteiger partial charge in [-0.15, -0.1) is 0 Å². The number of rotatable bonds is 12. The topological polar surface area (TPSA) is 52.6 Å². The van der Waals surface area contributed by atoms with Gasteiger partial charge in [0.1, 0.15) is 0 Å². The molecule has 4 nitrogen and oxygen atoms in total. The molecule has 0 unspecified atom stereocenters. The Morgan fingerprint density at radius 1 is 0.769 bits per heavy atom. The average Bonchev–Trinajstić information content (AvgIpc) is 2.66. The van der Waals surface area contributed by atoms with Crippen LogP contribution in [0.4, 0.5) is 0 Å². The van der Waals surface area contributed by atoms with E-state index in [0.717, 1.165) is 62.5 Å². The van der Waals surface area contributed by atoms with Gasteiger partial charge in [0.15, 0.2) is 0 Å². The van der Waals surface area contributed by atoms with Gasteiger partial charge in [0.2, 0.25) is 0 Å². The Labute approximate surface area is 158 Å². The molecule has 4 heteroatoms. The lowest BCUT2D eigenvalue weighted by Gasteiger charge is -2.18. The van der Waals surface area contributed by atoms with Gasteiger partial charge in [0.25, 0.3) is 0 Å². The van der Waals surface area contributed by atoms with Crippen LogP contribution in [0, 0.1) is 0 Å². The summed E-state index contributed by atoms with van der Waals surface area (Å²) in [6, 6.07) is 3.72. The van der Waals surface area contributed by atoms with Crippen LogP contribution in [0.2, 0.25) is 0 Å². The molecule has 1 aromatic carbocycles. The third kappa shape index (κ3) is 6.47. The highest BCUT2D eigenvalue weighted by molar-refractivity contribution is 6.04. The van der Waals surface area contributed by atoms with E-state index in [1.807, 2.05) is 19.9 Å². The van der Waals surface area contributed by atoms with Crippen LogP contribution < -0.4 is 0 Å². The van der Waals surface area contributed by atoms with E-state index in [-0.39, 0.29) is 0 Å². The minimum atomic E-state index is -0.435. The third-order valence-electron chi connectivity index (χ3n) is 4.29. The maximum Gasteiger partial charge on any atom is 0.339 e. The zero-order valence-corrected chi connectivity index (χ0v) is 16.9. The first-order valence-corrected chi connectivity index (χ1v) is 10.1. The van der Waals surface area contributed by atoms with Crippen molar-refractivity contribution in [1.29, 1.82) is 0 Å². The maximum absolute atomic E-state index is 12.8. The lowest BCUT2D eigenvalue weighted by atomic mass is 9.90. The fraction of sp³-hybridized carbons (Fsp3) is 0.636. The largest absolute Gasteiger partial charge is 0.462 e. The number of benzene rings is 1. The summed E-state index contributed by atoms with van der Waals surface area (Å²) in [5.41, 5.74) is 2.87. The van der Waals surface area contributed by atoms with Crippen LogP contribution in [-0.4, -0.2) is 25.2 Å². The molecule has 0 fully saturated rings. The predicted octanol–water partition coefficient (Wildman–Crippen LogP) is 5.51. The second kappa shape index (κ2) is 12.5. The van der Waals surface area contributed by atoms with Crippen LogP contribution in [0.25, 0.3) is 0 Å². The molecule has 0 aliphatic rings. The second-order valence-electron chi connectivity index (χ2n) is 6.60. The molecule has 0 amide bonds. The Morgan fingerprint density at radius 2 is 1.35 bits per heavy atom. The number of aryl methyl sites for hydroxylation is 1. The molecule has 0 bridgehead atoms. The van der Waals surface area contributed by atoms with Crippen molar-refractivity contribution in [2.24, 2.45) is 0 Å².